The fourth-order valence-electron chi connectivity index (χ4n) is 3.21. The molecule has 0 bridgehead atoms. The molecule has 172 valence electrons. The Morgan fingerprint density at radius 3 is 2.50 bits per heavy atom. The van der Waals surface area contributed by atoms with Gasteiger partial charge in [0.05, 0.1) is 19.8 Å². The van der Waals surface area contributed by atoms with E-state index in [9.17, 15) is 14.4 Å². The Morgan fingerprint density at radius 2 is 1.91 bits per heavy atom. The first kappa shape index (κ1) is 25.0. The van der Waals surface area contributed by atoms with Crippen molar-refractivity contribution >= 4 is 18.2 Å². The van der Waals surface area contributed by atoms with Crippen molar-refractivity contribution in [2.75, 3.05) is 13.7 Å². The minimum Gasteiger partial charge on any atom is -0.493 e. The Balaban J connectivity index is 2.15. The number of ether oxygens (including phenoxy) is 3. The van der Waals surface area contributed by atoms with Gasteiger partial charge in [0.15, 0.2) is 11.4 Å². The van der Waals surface area contributed by atoms with Crippen LogP contribution in [0.4, 0.5) is 0 Å². The average molecular weight is 443 g/mol. The molecule has 0 aliphatic carbocycles. The fraction of sp³-hybridized carbons (Fsp3) is 0.417. The molecule has 3 atom stereocenters. The molecule has 2 rings (SSSR count). The highest BCUT2D eigenvalue weighted by Gasteiger charge is 2.31. The van der Waals surface area contributed by atoms with E-state index in [0.29, 0.717) is 6.29 Å². The lowest BCUT2D eigenvalue weighted by Gasteiger charge is -2.29. The third-order valence-electron chi connectivity index (χ3n) is 5.24. The Morgan fingerprint density at radius 1 is 1.22 bits per heavy atom. The zero-order valence-electron chi connectivity index (χ0n) is 19.3. The molecule has 0 spiro atoms. The van der Waals surface area contributed by atoms with Gasteiger partial charge >= 0.3 is 5.97 Å². The number of rotatable bonds is 10. The number of carbonyl (C=O) groups excluding carboxylic acids is 3. The standard InChI is InChI=1S/C24H30N2O6/c1-15-9-7-8-10-19(15)16(2)17(3)31-14-24(5,13-27)26-23(29)21-22(32-18(4)28)20(30-6)11-12-25-21/h7-13,16-17H,14H2,1-6H3,(H,26,29)/t16-,17+,24+/m0/s1. The van der Waals surface area contributed by atoms with Gasteiger partial charge in [-0.05, 0) is 31.9 Å². The van der Waals surface area contributed by atoms with Crippen molar-refractivity contribution in [1.29, 1.82) is 0 Å². The van der Waals surface area contributed by atoms with Crippen LogP contribution in [0.3, 0.4) is 0 Å². The predicted octanol–water partition coefficient (Wildman–Crippen LogP) is 3.22. The molecule has 32 heavy (non-hydrogen) atoms. The molecule has 0 fully saturated rings. The van der Waals surface area contributed by atoms with Gasteiger partial charge in [-0.2, -0.15) is 0 Å². The van der Waals surface area contributed by atoms with Crippen molar-refractivity contribution in [2.24, 2.45) is 0 Å². The molecule has 0 aliphatic heterocycles. The van der Waals surface area contributed by atoms with Crippen LogP contribution in [0.1, 0.15) is 55.2 Å². The number of hydrogen-bond donors (Lipinski definition) is 1. The predicted molar refractivity (Wildman–Crippen MR) is 119 cm³/mol. The SMILES string of the molecule is COc1ccnc(C(=O)N[C@](C)(C=O)CO[C@H](C)[C@H](C)c2ccccc2C)c1OC(C)=O. The van der Waals surface area contributed by atoms with Crippen LogP contribution in [0, 0.1) is 6.92 Å². The number of benzene rings is 1. The van der Waals surface area contributed by atoms with E-state index in [1.54, 1.807) is 6.92 Å². The number of nitrogens with one attached hydrogen (secondary N) is 1. The van der Waals surface area contributed by atoms with E-state index in [1.165, 1.54) is 26.3 Å². The van der Waals surface area contributed by atoms with Gasteiger partial charge in [0.25, 0.3) is 5.91 Å². The molecule has 8 nitrogen and oxygen atoms in total. The van der Waals surface area contributed by atoms with Crippen molar-refractivity contribution < 1.29 is 28.6 Å². The number of hydrogen-bond acceptors (Lipinski definition) is 7. The number of esters is 1. The van der Waals surface area contributed by atoms with Crippen LogP contribution in [-0.2, 0) is 14.3 Å². The highest BCUT2D eigenvalue weighted by molar-refractivity contribution is 5.98. The first-order chi connectivity index (χ1) is 15.1. The van der Waals surface area contributed by atoms with Gasteiger partial charge in [0.2, 0.25) is 5.75 Å². The molecule has 0 saturated heterocycles. The topological polar surface area (TPSA) is 104 Å². The lowest BCUT2D eigenvalue weighted by Crippen LogP contribution is -2.51. The Kier molecular flexibility index (Phi) is 8.48. The van der Waals surface area contributed by atoms with Crippen LogP contribution >= 0.6 is 0 Å². The number of methoxy groups -OCH3 is 1. The van der Waals surface area contributed by atoms with E-state index in [4.69, 9.17) is 14.2 Å². The van der Waals surface area contributed by atoms with Gasteiger partial charge in [0, 0.05) is 25.1 Å². The zero-order valence-corrected chi connectivity index (χ0v) is 19.3. The quantitative estimate of drug-likeness (QED) is 0.445. The molecule has 0 aliphatic rings. The van der Waals surface area contributed by atoms with Crippen molar-refractivity contribution in [1.82, 2.24) is 10.3 Å². The summed E-state index contributed by atoms with van der Waals surface area (Å²) in [7, 11) is 1.38. The highest BCUT2D eigenvalue weighted by Crippen LogP contribution is 2.30. The van der Waals surface area contributed by atoms with E-state index in [-0.39, 0.29) is 35.8 Å². The third-order valence-corrected chi connectivity index (χ3v) is 5.24. The maximum atomic E-state index is 12.9. The maximum absolute atomic E-state index is 12.9. The molecular weight excluding hydrogens is 412 g/mol. The summed E-state index contributed by atoms with van der Waals surface area (Å²) in [6.07, 6.45) is 1.75. The van der Waals surface area contributed by atoms with Gasteiger partial charge in [-0.1, -0.05) is 31.2 Å². The summed E-state index contributed by atoms with van der Waals surface area (Å²) in [6.45, 7) is 8.72. The van der Waals surface area contributed by atoms with E-state index in [1.807, 2.05) is 38.1 Å². The normalized spacial score (nSPS) is 14.6. The molecule has 1 N–H and O–H groups in total. The number of aryl methyl sites for hydroxylation is 1. The van der Waals surface area contributed by atoms with Crippen molar-refractivity contribution in [3.63, 3.8) is 0 Å². The Hall–Kier alpha value is -3.26. The summed E-state index contributed by atoms with van der Waals surface area (Å²) >= 11 is 0. The molecule has 1 amide bonds. The molecule has 1 heterocycles. The van der Waals surface area contributed by atoms with E-state index in [0.717, 1.165) is 11.1 Å². The summed E-state index contributed by atoms with van der Waals surface area (Å²) < 4.78 is 16.2. The minimum atomic E-state index is -1.32. The summed E-state index contributed by atoms with van der Waals surface area (Å²) in [5, 5.41) is 2.63. The summed E-state index contributed by atoms with van der Waals surface area (Å²) in [4.78, 5) is 40.2. The lowest BCUT2D eigenvalue weighted by molar-refractivity contribution is -0.132. The number of aldehydes is 1. The van der Waals surface area contributed by atoms with Crippen molar-refractivity contribution in [3.05, 3.63) is 53.3 Å². The summed E-state index contributed by atoms with van der Waals surface area (Å²) in [5.74, 6) is -1.19. The number of pyridine rings is 1. The van der Waals surface area contributed by atoms with Crippen LogP contribution in [-0.4, -0.2) is 48.5 Å². The zero-order chi connectivity index (χ0) is 23.9. The van der Waals surface area contributed by atoms with Crippen LogP contribution in [0.2, 0.25) is 0 Å². The molecule has 2 aromatic rings. The third kappa shape index (κ3) is 6.13. The second kappa shape index (κ2) is 10.9. The monoisotopic (exact) mass is 442 g/mol. The van der Waals surface area contributed by atoms with Crippen LogP contribution < -0.4 is 14.8 Å². The van der Waals surface area contributed by atoms with Crippen LogP contribution in [0.15, 0.2) is 36.5 Å². The van der Waals surface area contributed by atoms with E-state index >= 15 is 0 Å². The Bertz CT molecular complexity index is 977. The van der Waals surface area contributed by atoms with Gasteiger partial charge in [0.1, 0.15) is 11.8 Å². The molecule has 1 aromatic carbocycles. The lowest BCUT2D eigenvalue weighted by atomic mass is 9.92. The molecule has 0 radical (unpaired) electrons. The van der Waals surface area contributed by atoms with E-state index in [2.05, 4.69) is 17.2 Å². The minimum absolute atomic E-state index is 0.0491. The van der Waals surface area contributed by atoms with Crippen molar-refractivity contribution in [2.45, 2.75) is 52.2 Å². The van der Waals surface area contributed by atoms with Crippen LogP contribution in [0.25, 0.3) is 0 Å². The largest absolute Gasteiger partial charge is 0.493 e. The fourth-order valence-corrected chi connectivity index (χ4v) is 3.21. The maximum Gasteiger partial charge on any atom is 0.308 e. The number of nitrogens with zero attached hydrogens (tertiary/aromatic N) is 1. The first-order valence-corrected chi connectivity index (χ1v) is 10.3. The average Bonchev–Trinajstić information content (AvgIpc) is 2.77. The highest BCUT2D eigenvalue weighted by atomic mass is 16.6. The van der Waals surface area contributed by atoms with Gasteiger partial charge in [-0.25, -0.2) is 4.98 Å². The van der Waals surface area contributed by atoms with Gasteiger partial charge in [-0.3, -0.25) is 9.59 Å². The summed E-state index contributed by atoms with van der Waals surface area (Å²) in [6, 6.07) is 9.50. The second-order valence-corrected chi connectivity index (χ2v) is 7.94. The first-order valence-electron chi connectivity index (χ1n) is 10.3. The number of aromatic nitrogens is 1. The van der Waals surface area contributed by atoms with E-state index < -0.39 is 17.4 Å². The molecular formula is C24H30N2O6. The molecule has 1 aromatic heterocycles. The smallest absolute Gasteiger partial charge is 0.308 e. The molecule has 8 heteroatoms. The second-order valence-electron chi connectivity index (χ2n) is 7.94. The molecule has 0 unspecified atom stereocenters. The Labute approximate surface area is 188 Å². The molecule has 0 saturated carbocycles. The van der Waals surface area contributed by atoms with Gasteiger partial charge < -0.3 is 24.3 Å². The summed E-state index contributed by atoms with van der Waals surface area (Å²) in [5.41, 5.74) is 0.816. The van der Waals surface area contributed by atoms with Crippen LogP contribution in [0.5, 0.6) is 11.5 Å². The van der Waals surface area contributed by atoms with Crippen molar-refractivity contribution in [3.8, 4) is 11.5 Å². The van der Waals surface area contributed by atoms with Gasteiger partial charge in [-0.15, -0.1) is 0 Å². The number of amides is 1. The number of carbonyl (C=O) groups is 3.